The van der Waals surface area contributed by atoms with Crippen LogP contribution in [0.15, 0.2) is 28.7 Å². The highest BCUT2D eigenvalue weighted by atomic mass is 79.9. The van der Waals surface area contributed by atoms with Crippen molar-refractivity contribution < 1.29 is 14.7 Å². The van der Waals surface area contributed by atoms with Gasteiger partial charge in [-0.15, -0.1) is 0 Å². The normalized spacial score (nSPS) is 22.9. The lowest BCUT2D eigenvalue weighted by molar-refractivity contribution is -0.142. The van der Waals surface area contributed by atoms with Gasteiger partial charge in [-0.2, -0.15) is 0 Å². The zero-order chi connectivity index (χ0) is 14.5. The molecule has 0 aromatic heterocycles. The Bertz CT molecular complexity index is 504. The first-order chi connectivity index (χ1) is 9.58. The molecular formula is C15H18BrNO3. The van der Waals surface area contributed by atoms with E-state index in [2.05, 4.69) is 21.2 Å². The third-order valence-electron chi connectivity index (χ3n) is 3.74. The molecule has 0 heterocycles. The summed E-state index contributed by atoms with van der Waals surface area (Å²) in [7, 11) is 0. The van der Waals surface area contributed by atoms with Crippen LogP contribution < -0.4 is 5.32 Å². The lowest BCUT2D eigenvalue weighted by atomic mass is 9.94. The van der Waals surface area contributed by atoms with Gasteiger partial charge in [0.05, 0.1) is 5.92 Å². The summed E-state index contributed by atoms with van der Waals surface area (Å²) in [5.74, 6) is -1.50. The first-order valence-corrected chi connectivity index (χ1v) is 7.66. The zero-order valence-corrected chi connectivity index (χ0v) is 12.7. The minimum absolute atomic E-state index is 0.204. The molecule has 1 fully saturated rings. The van der Waals surface area contributed by atoms with E-state index in [0.29, 0.717) is 12.0 Å². The van der Waals surface area contributed by atoms with Gasteiger partial charge in [0, 0.05) is 16.1 Å². The third-order valence-corrected chi connectivity index (χ3v) is 4.23. The predicted molar refractivity (Wildman–Crippen MR) is 79.6 cm³/mol. The molecule has 0 radical (unpaired) electrons. The van der Waals surface area contributed by atoms with Crippen LogP contribution in [0.3, 0.4) is 0 Å². The third kappa shape index (κ3) is 3.82. The summed E-state index contributed by atoms with van der Waals surface area (Å²) in [6, 6.07) is 6.83. The number of aliphatic carboxylic acids is 1. The number of hydrogen-bond acceptors (Lipinski definition) is 2. The Balaban J connectivity index is 2.09. The molecule has 1 aromatic carbocycles. The molecule has 1 aliphatic carbocycles. The standard InChI is InChI=1S/C15H18BrNO3/c16-11-6-4-5-10(9-11)14(18)17-13-8-3-1-2-7-12(13)15(19)20/h4-6,9,12-13H,1-3,7-8H2,(H,17,18)(H,19,20). The van der Waals surface area contributed by atoms with E-state index < -0.39 is 11.9 Å². The molecule has 5 heteroatoms. The molecule has 1 aromatic rings. The second-order valence-electron chi connectivity index (χ2n) is 5.17. The highest BCUT2D eigenvalue weighted by Gasteiger charge is 2.30. The Hall–Kier alpha value is -1.36. The van der Waals surface area contributed by atoms with E-state index in [1.807, 2.05) is 6.07 Å². The summed E-state index contributed by atoms with van der Waals surface area (Å²) in [5, 5.41) is 12.2. The maximum Gasteiger partial charge on any atom is 0.308 e. The summed E-state index contributed by atoms with van der Waals surface area (Å²) in [4.78, 5) is 23.6. The van der Waals surface area contributed by atoms with Crippen LogP contribution in [-0.2, 0) is 4.79 Å². The number of carboxylic acid groups (broad SMARTS) is 1. The number of rotatable bonds is 3. The van der Waals surface area contributed by atoms with Crippen molar-refractivity contribution in [2.75, 3.05) is 0 Å². The van der Waals surface area contributed by atoms with E-state index in [1.165, 1.54) is 0 Å². The van der Waals surface area contributed by atoms with Crippen LogP contribution in [0.1, 0.15) is 42.5 Å². The number of nitrogens with one attached hydrogen (secondary N) is 1. The predicted octanol–water partition coefficient (Wildman–Crippen LogP) is 3.21. The fourth-order valence-corrected chi connectivity index (χ4v) is 3.06. The molecular weight excluding hydrogens is 322 g/mol. The Morgan fingerprint density at radius 1 is 1.20 bits per heavy atom. The molecule has 1 saturated carbocycles. The minimum Gasteiger partial charge on any atom is -0.481 e. The lowest BCUT2D eigenvalue weighted by Crippen LogP contribution is -2.42. The van der Waals surface area contributed by atoms with Gasteiger partial charge in [-0.05, 0) is 31.0 Å². The molecule has 0 aliphatic heterocycles. The summed E-state index contributed by atoms with van der Waals surface area (Å²) >= 11 is 3.33. The number of carbonyl (C=O) groups excluding carboxylic acids is 1. The van der Waals surface area contributed by atoms with Gasteiger partial charge in [0.1, 0.15) is 0 Å². The average molecular weight is 340 g/mol. The number of halogens is 1. The van der Waals surface area contributed by atoms with Crippen molar-refractivity contribution in [3.8, 4) is 0 Å². The number of carboxylic acids is 1. The Morgan fingerprint density at radius 2 is 1.95 bits per heavy atom. The van der Waals surface area contributed by atoms with E-state index in [1.54, 1.807) is 18.2 Å². The molecule has 2 atom stereocenters. The number of hydrogen-bond donors (Lipinski definition) is 2. The molecule has 0 bridgehead atoms. The van der Waals surface area contributed by atoms with Crippen LogP contribution in [0.25, 0.3) is 0 Å². The van der Waals surface area contributed by atoms with Crippen LogP contribution in [-0.4, -0.2) is 23.0 Å². The van der Waals surface area contributed by atoms with E-state index in [-0.39, 0.29) is 11.9 Å². The zero-order valence-electron chi connectivity index (χ0n) is 11.1. The van der Waals surface area contributed by atoms with E-state index >= 15 is 0 Å². The first kappa shape index (κ1) is 15.0. The summed E-state index contributed by atoms with van der Waals surface area (Å²) in [6.45, 7) is 0. The van der Waals surface area contributed by atoms with Crippen molar-refractivity contribution >= 4 is 27.8 Å². The lowest BCUT2D eigenvalue weighted by Gasteiger charge is -2.22. The van der Waals surface area contributed by atoms with Gasteiger partial charge in [-0.1, -0.05) is 41.3 Å². The van der Waals surface area contributed by atoms with Crippen LogP contribution in [0, 0.1) is 5.92 Å². The van der Waals surface area contributed by atoms with E-state index in [9.17, 15) is 14.7 Å². The molecule has 1 aliphatic rings. The Morgan fingerprint density at radius 3 is 2.65 bits per heavy atom. The number of amides is 1. The summed E-state index contributed by atoms with van der Waals surface area (Å²) in [6.07, 6.45) is 4.29. The monoisotopic (exact) mass is 339 g/mol. The van der Waals surface area contributed by atoms with Gasteiger partial charge in [0.2, 0.25) is 0 Å². The topological polar surface area (TPSA) is 66.4 Å². The van der Waals surface area contributed by atoms with Gasteiger partial charge in [-0.25, -0.2) is 0 Å². The second kappa shape index (κ2) is 6.88. The minimum atomic E-state index is -0.813. The molecule has 2 unspecified atom stereocenters. The molecule has 2 rings (SSSR count). The van der Waals surface area contributed by atoms with Crippen molar-refractivity contribution in [2.45, 2.75) is 38.1 Å². The van der Waals surface area contributed by atoms with Gasteiger partial charge in [0.15, 0.2) is 0 Å². The Labute approximate surface area is 126 Å². The molecule has 20 heavy (non-hydrogen) atoms. The molecule has 4 nitrogen and oxygen atoms in total. The highest BCUT2D eigenvalue weighted by Crippen LogP contribution is 2.24. The molecule has 108 valence electrons. The van der Waals surface area contributed by atoms with Crippen molar-refractivity contribution in [3.63, 3.8) is 0 Å². The van der Waals surface area contributed by atoms with Crippen molar-refractivity contribution in [3.05, 3.63) is 34.3 Å². The first-order valence-electron chi connectivity index (χ1n) is 6.87. The maximum absolute atomic E-state index is 12.2. The number of benzene rings is 1. The van der Waals surface area contributed by atoms with Gasteiger partial charge >= 0.3 is 5.97 Å². The molecule has 0 saturated heterocycles. The quantitative estimate of drug-likeness (QED) is 0.831. The maximum atomic E-state index is 12.2. The highest BCUT2D eigenvalue weighted by molar-refractivity contribution is 9.10. The SMILES string of the molecule is O=C(NC1CCCCCC1C(=O)O)c1cccc(Br)c1. The van der Waals surface area contributed by atoms with E-state index in [0.717, 1.165) is 30.2 Å². The van der Waals surface area contributed by atoms with Crippen molar-refractivity contribution in [1.82, 2.24) is 5.32 Å². The fraction of sp³-hybridized carbons (Fsp3) is 0.467. The average Bonchev–Trinajstić information content (AvgIpc) is 2.64. The summed E-state index contributed by atoms with van der Waals surface area (Å²) in [5.41, 5.74) is 0.549. The van der Waals surface area contributed by atoms with Gasteiger partial charge in [-0.3, -0.25) is 9.59 Å². The van der Waals surface area contributed by atoms with Crippen LogP contribution >= 0.6 is 15.9 Å². The smallest absolute Gasteiger partial charge is 0.308 e. The van der Waals surface area contributed by atoms with Crippen LogP contribution in [0.2, 0.25) is 0 Å². The van der Waals surface area contributed by atoms with Gasteiger partial charge in [0.25, 0.3) is 5.91 Å². The largest absolute Gasteiger partial charge is 0.481 e. The fourth-order valence-electron chi connectivity index (χ4n) is 2.66. The second-order valence-corrected chi connectivity index (χ2v) is 6.09. The van der Waals surface area contributed by atoms with Crippen LogP contribution in [0.4, 0.5) is 0 Å². The number of carbonyl (C=O) groups is 2. The van der Waals surface area contributed by atoms with Crippen molar-refractivity contribution in [1.29, 1.82) is 0 Å². The Kier molecular flexibility index (Phi) is 5.17. The molecule has 1 amide bonds. The van der Waals surface area contributed by atoms with Gasteiger partial charge < -0.3 is 10.4 Å². The van der Waals surface area contributed by atoms with Crippen molar-refractivity contribution in [2.24, 2.45) is 5.92 Å². The molecule has 0 spiro atoms. The molecule has 2 N–H and O–H groups in total. The van der Waals surface area contributed by atoms with Crippen LogP contribution in [0.5, 0.6) is 0 Å². The summed E-state index contributed by atoms with van der Waals surface area (Å²) < 4.78 is 0.834. The van der Waals surface area contributed by atoms with E-state index in [4.69, 9.17) is 0 Å².